The fraction of sp³-hybridized carbons (Fsp3) is 0.700. The van der Waals surface area contributed by atoms with Crippen LogP contribution in [-0.4, -0.2) is 18.6 Å². The molecule has 78 valence electrons. The highest BCUT2D eigenvalue weighted by Gasteiger charge is 2.20. The van der Waals surface area contributed by atoms with Crippen LogP contribution in [-0.2, 0) is 5.88 Å². The Hall–Kier alpha value is -0.280. The standard InChI is InChI=1S/C10H15ClN2S/c1-13(6-8-3-2-4-8)10-12-9(5-11)7-14-10/h7-8H,2-6H2,1H3. The van der Waals surface area contributed by atoms with Crippen LogP contribution in [0, 0.1) is 5.92 Å². The molecule has 0 N–H and O–H groups in total. The van der Waals surface area contributed by atoms with Gasteiger partial charge in [0.1, 0.15) is 0 Å². The normalized spacial score (nSPS) is 16.7. The summed E-state index contributed by atoms with van der Waals surface area (Å²) in [6, 6.07) is 0. The highest BCUT2D eigenvalue weighted by molar-refractivity contribution is 7.13. The Morgan fingerprint density at radius 1 is 1.64 bits per heavy atom. The summed E-state index contributed by atoms with van der Waals surface area (Å²) in [7, 11) is 2.12. The van der Waals surface area contributed by atoms with Gasteiger partial charge in [0, 0.05) is 19.0 Å². The molecule has 2 rings (SSSR count). The number of hydrogen-bond acceptors (Lipinski definition) is 3. The Bertz CT molecular complexity index is 296. The van der Waals surface area contributed by atoms with Crippen LogP contribution < -0.4 is 4.90 Å². The fourth-order valence-electron chi connectivity index (χ4n) is 1.67. The van der Waals surface area contributed by atoms with E-state index in [0.29, 0.717) is 5.88 Å². The zero-order valence-electron chi connectivity index (χ0n) is 8.37. The van der Waals surface area contributed by atoms with E-state index in [1.54, 1.807) is 11.3 Å². The van der Waals surface area contributed by atoms with Gasteiger partial charge in [-0.05, 0) is 18.8 Å². The van der Waals surface area contributed by atoms with Gasteiger partial charge in [0.05, 0.1) is 11.6 Å². The second kappa shape index (κ2) is 4.49. The zero-order valence-corrected chi connectivity index (χ0v) is 9.94. The van der Waals surface area contributed by atoms with Crippen LogP contribution in [0.25, 0.3) is 0 Å². The first-order chi connectivity index (χ1) is 6.79. The van der Waals surface area contributed by atoms with Crippen molar-refractivity contribution in [3.8, 4) is 0 Å². The maximum absolute atomic E-state index is 5.71. The number of anilines is 1. The average Bonchev–Trinajstić information content (AvgIpc) is 2.59. The van der Waals surface area contributed by atoms with E-state index < -0.39 is 0 Å². The lowest BCUT2D eigenvalue weighted by molar-refractivity contribution is 0.321. The minimum absolute atomic E-state index is 0.522. The number of rotatable bonds is 4. The van der Waals surface area contributed by atoms with E-state index in [1.807, 2.05) is 5.38 Å². The predicted octanol–water partition coefficient (Wildman–Crippen LogP) is 3.12. The van der Waals surface area contributed by atoms with Crippen molar-refractivity contribution in [3.63, 3.8) is 0 Å². The summed E-state index contributed by atoms with van der Waals surface area (Å²) in [4.78, 5) is 6.71. The third-order valence-corrected chi connectivity index (χ3v) is 4.04. The van der Waals surface area contributed by atoms with E-state index in [0.717, 1.165) is 23.3 Å². The molecule has 1 aromatic rings. The molecule has 4 heteroatoms. The molecule has 14 heavy (non-hydrogen) atoms. The van der Waals surface area contributed by atoms with Crippen molar-refractivity contribution in [2.24, 2.45) is 5.92 Å². The Labute approximate surface area is 93.9 Å². The minimum atomic E-state index is 0.522. The second-order valence-corrected chi connectivity index (χ2v) is 5.04. The van der Waals surface area contributed by atoms with Gasteiger partial charge in [-0.15, -0.1) is 22.9 Å². The summed E-state index contributed by atoms with van der Waals surface area (Å²) in [6.07, 6.45) is 4.18. The fourth-order valence-corrected chi connectivity index (χ4v) is 2.70. The van der Waals surface area contributed by atoms with Crippen LogP contribution in [0.5, 0.6) is 0 Å². The molecule has 0 amide bonds. The molecule has 1 heterocycles. The Morgan fingerprint density at radius 3 is 2.93 bits per heavy atom. The highest BCUT2D eigenvalue weighted by atomic mass is 35.5. The van der Waals surface area contributed by atoms with Crippen LogP contribution in [0.15, 0.2) is 5.38 Å². The molecule has 0 unspecified atom stereocenters. The SMILES string of the molecule is CN(CC1CCC1)c1nc(CCl)cs1. The molecular formula is C10H15ClN2S. The number of alkyl halides is 1. The number of hydrogen-bond donors (Lipinski definition) is 0. The summed E-state index contributed by atoms with van der Waals surface area (Å²) in [5, 5.41) is 3.15. The third kappa shape index (κ3) is 2.20. The first kappa shape index (κ1) is 10.2. The molecule has 1 fully saturated rings. The average molecular weight is 231 g/mol. The van der Waals surface area contributed by atoms with Gasteiger partial charge >= 0.3 is 0 Å². The van der Waals surface area contributed by atoms with Gasteiger partial charge in [0.15, 0.2) is 5.13 Å². The van der Waals surface area contributed by atoms with Crippen molar-refractivity contribution in [2.45, 2.75) is 25.1 Å². The summed E-state index contributed by atoms with van der Waals surface area (Å²) in [6.45, 7) is 1.15. The minimum Gasteiger partial charge on any atom is -0.351 e. The van der Waals surface area contributed by atoms with E-state index >= 15 is 0 Å². The smallest absolute Gasteiger partial charge is 0.185 e. The van der Waals surface area contributed by atoms with Crippen molar-refractivity contribution in [1.82, 2.24) is 4.98 Å². The van der Waals surface area contributed by atoms with Gasteiger partial charge in [-0.1, -0.05) is 6.42 Å². The largest absolute Gasteiger partial charge is 0.351 e. The molecule has 0 aromatic carbocycles. The highest BCUT2D eigenvalue weighted by Crippen LogP contribution is 2.29. The van der Waals surface area contributed by atoms with Crippen LogP contribution in [0.4, 0.5) is 5.13 Å². The number of aromatic nitrogens is 1. The molecule has 1 saturated carbocycles. The summed E-state index contributed by atoms with van der Waals surface area (Å²) in [5.41, 5.74) is 0.993. The van der Waals surface area contributed by atoms with Gasteiger partial charge in [0.25, 0.3) is 0 Å². The van der Waals surface area contributed by atoms with E-state index in [1.165, 1.54) is 19.3 Å². The molecule has 1 aromatic heterocycles. The third-order valence-electron chi connectivity index (χ3n) is 2.76. The Kier molecular flexibility index (Phi) is 3.29. The maximum Gasteiger partial charge on any atom is 0.185 e. The number of thiazole rings is 1. The molecular weight excluding hydrogens is 216 g/mol. The van der Waals surface area contributed by atoms with Gasteiger partial charge in [-0.2, -0.15) is 0 Å². The molecule has 0 spiro atoms. The number of halogens is 1. The molecule has 0 radical (unpaired) electrons. The summed E-state index contributed by atoms with van der Waals surface area (Å²) in [5.74, 6) is 1.41. The molecule has 0 bridgehead atoms. The van der Waals surface area contributed by atoms with E-state index in [2.05, 4.69) is 16.9 Å². The van der Waals surface area contributed by atoms with Crippen LogP contribution in [0.2, 0.25) is 0 Å². The van der Waals surface area contributed by atoms with E-state index in [4.69, 9.17) is 11.6 Å². The molecule has 1 aliphatic carbocycles. The molecule has 0 aliphatic heterocycles. The predicted molar refractivity (Wildman–Crippen MR) is 62.3 cm³/mol. The van der Waals surface area contributed by atoms with E-state index in [-0.39, 0.29) is 0 Å². The zero-order chi connectivity index (χ0) is 9.97. The molecule has 0 atom stereocenters. The summed E-state index contributed by atoms with van der Waals surface area (Å²) < 4.78 is 0. The molecule has 2 nitrogen and oxygen atoms in total. The van der Waals surface area contributed by atoms with E-state index in [9.17, 15) is 0 Å². The van der Waals surface area contributed by atoms with Crippen molar-refractivity contribution < 1.29 is 0 Å². The topological polar surface area (TPSA) is 16.1 Å². The monoisotopic (exact) mass is 230 g/mol. The van der Waals surface area contributed by atoms with Crippen molar-refractivity contribution in [2.75, 3.05) is 18.5 Å². The lowest BCUT2D eigenvalue weighted by Gasteiger charge is -2.29. The van der Waals surface area contributed by atoms with Crippen LogP contribution in [0.1, 0.15) is 25.0 Å². The molecule has 0 saturated heterocycles. The van der Waals surface area contributed by atoms with Gasteiger partial charge in [0.2, 0.25) is 0 Å². The molecule has 1 aliphatic rings. The lowest BCUT2D eigenvalue weighted by atomic mass is 9.85. The van der Waals surface area contributed by atoms with Crippen molar-refractivity contribution >= 4 is 28.1 Å². The number of nitrogens with zero attached hydrogens (tertiary/aromatic N) is 2. The second-order valence-electron chi connectivity index (χ2n) is 3.93. The summed E-state index contributed by atoms with van der Waals surface area (Å²) >= 11 is 7.40. The lowest BCUT2D eigenvalue weighted by Crippen LogP contribution is -2.29. The first-order valence-corrected chi connectivity index (χ1v) is 6.42. The maximum atomic E-state index is 5.71. The van der Waals surface area contributed by atoms with Crippen molar-refractivity contribution in [3.05, 3.63) is 11.1 Å². The Morgan fingerprint density at radius 2 is 2.43 bits per heavy atom. The van der Waals surface area contributed by atoms with Crippen LogP contribution >= 0.6 is 22.9 Å². The van der Waals surface area contributed by atoms with Crippen LogP contribution in [0.3, 0.4) is 0 Å². The van der Waals surface area contributed by atoms with Gasteiger partial charge in [-0.25, -0.2) is 4.98 Å². The van der Waals surface area contributed by atoms with Gasteiger partial charge in [-0.3, -0.25) is 0 Å². The first-order valence-electron chi connectivity index (χ1n) is 5.01. The van der Waals surface area contributed by atoms with Crippen molar-refractivity contribution in [1.29, 1.82) is 0 Å². The Balaban J connectivity index is 1.92. The quantitative estimate of drug-likeness (QED) is 0.739. The van der Waals surface area contributed by atoms with Gasteiger partial charge < -0.3 is 4.90 Å².